The molecule has 0 aromatic rings. The zero-order valence-corrected chi connectivity index (χ0v) is 10.7. The lowest BCUT2D eigenvalue weighted by Crippen LogP contribution is -2.47. The number of aliphatic hydroxyl groups is 1. The standard InChI is InChI=1S/C13H26N2O/c1-4-5-8-13(16)11-15-9-6-7-12(10-15)14(2)3/h4,12-13,16H,1,5-11H2,2-3H3. The van der Waals surface area contributed by atoms with E-state index in [1.165, 1.54) is 12.8 Å². The molecule has 1 N–H and O–H groups in total. The van der Waals surface area contributed by atoms with Crippen molar-refractivity contribution in [2.45, 2.75) is 37.8 Å². The topological polar surface area (TPSA) is 26.7 Å². The molecule has 1 rings (SSSR count). The van der Waals surface area contributed by atoms with Crippen molar-refractivity contribution in [2.24, 2.45) is 0 Å². The molecule has 0 aliphatic carbocycles. The Labute approximate surface area is 99.7 Å². The molecule has 1 heterocycles. The number of nitrogens with zero attached hydrogens (tertiary/aromatic N) is 2. The lowest BCUT2D eigenvalue weighted by molar-refractivity contribution is 0.0688. The molecule has 0 aromatic carbocycles. The number of likely N-dealkylation sites (tertiary alicyclic amines) is 1. The fourth-order valence-electron chi connectivity index (χ4n) is 2.32. The van der Waals surface area contributed by atoms with E-state index in [4.69, 9.17) is 0 Å². The largest absolute Gasteiger partial charge is 0.392 e. The number of β-amino-alcohol motifs (C(OH)–C–C–N with tert-alkyl or cyclic N) is 1. The molecular formula is C13H26N2O. The highest BCUT2D eigenvalue weighted by atomic mass is 16.3. The number of piperidine rings is 1. The molecule has 1 aliphatic rings. The minimum absolute atomic E-state index is 0.195. The molecule has 0 spiro atoms. The minimum Gasteiger partial charge on any atom is -0.392 e. The minimum atomic E-state index is -0.195. The molecule has 0 bridgehead atoms. The van der Waals surface area contributed by atoms with Gasteiger partial charge < -0.3 is 10.0 Å². The second-order valence-corrected chi connectivity index (χ2v) is 5.04. The summed E-state index contributed by atoms with van der Waals surface area (Å²) in [4.78, 5) is 4.68. The van der Waals surface area contributed by atoms with Crippen molar-refractivity contribution in [3.05, 3.63) is 12.7 Å². The summed E-state index contributed by atoms with van der Waals surface area (Å²) in [5.41, 5.74) is 0. The molecule has 1 saturated heterocycles. The Morgan fingerprint density at radius 2 is 2.31 bits per heavy atom. The van der Waals surface area contributed by atoms with Gasteiger partial charge in [0.2, 0.25) is 0 Å². The maximum absolute atomic E-state index is 9.85. The van der Waals surface area contributed by atoms with Gasteiger partial charge in [-0.1, -0.05) is 6.08 Å². The van der Waals surface area contributed by atoms with Gasteiger partial charge in [0.05, 0.1) is 6.10 Å². The number of aliphatic hydroxyl groups excluding tert-OH is 1. The van der Waals surface area contributed by atoms with Gasteiger partial charge in [-0.15, -0.1) is 6.58 Å². The van der Waals surface area contributed by atoms with Gasteiger partial charge in [-0.05, 0) is 46.3 Å². The van der Waals surface area contributed by atoms with Gasteiger partial charge in [0.1, 0.15) is 0 Å². The molecule has 3 heteroatoms. The first-order chi connectivity index (χ1) is 7.63. The van der Waals surface area contributed by atoms with E-state index in [2.05, 4.69) is 30.5 Å². The van der Waals surface area contributed by atoms with Crippen molar-refractivity contribution in [2.75, 3.05) is 33.7 Å². The zero-order chi connectivity index (χ0) is 12.0. The van der Waals surface area contributed by atoms with Crippen LogP contribution in [0.1, 0.15) is 25.7 Å². The quantitative estimate of drug-likeness (QED) is 0.692. The third-order valence-corrected chi connectivity index (χ3v) is 3.38. The van der Waals surface area contributed by atoms with Crippen molar-refractivity contribution >= 4 is 0 Å². The summed E-state index contributed by atoms with van der Waals surface area (Å²) in [6, 6.07) is 0.653. The van der Waals surface area contributed by atoms with Crippen molar-refractivity contribution in [3.8, 4) is 0 Å². The van der Waals surface area contributed by atoms with Crippen LogP contribution < -0.4 is 0 Å². The molecule has 94 valence electrons. The van der Waals surface area contributed by atoms with Crippen LogP contribution in [0.4, 0.5) is 0 Å². The first-order valence-electron chi connectivity index (χ1n) is 6.31. The predicted molar refractivity (Wildman–Crippen MR) is 68.6 cm³/mol. The Morgan fingerprint density at radius 3 is 2.94 bits per heavy atom. The van der Waals surface area contributed by atoms with Crippen molar-refractivity contribution in [1.29, 1.82) is 0 Å². The third-order valence-electron chi connectivity index (χ3n) is 3.38. The highest BCUT2D eigenvalue weighted by molar-refractivity contribution is 4.80. The lowest BCUT2D eigenvalue weighted by Gasteiger charge is -2.37. The Balaban J connectivity index is 2.28. The Bertz CT molecular complexity index is 206. The van der Waals surface area contributed by atoms with Gasteiger partial charge in [-0.2, -0.15) is 0 Å². The molecule has 0 radical (unpaired) electrons. The molecule has 3 nitrogen and oxygen atoms in total. The van der Waals surface area contributed by atoms with Gasteiger partial charge in [0.25, 0.3) is 0 Å². The van der Waals surface area contributed by atoms with Crippen molar-refractivity contribution in [1.82, 2.24) is 9.80 Å². The summed E-state index contributed by atoms with van der Waals surface area (Å²) in [7, 11) is 4.28. The average Bonchev–Trinajstić information content (AvgIpc) is 2.26. The lowest BCUT2D eigenvalue weighted by atomic mass is 10.0. The van der Waals surface area contributed by atoms with Crippen LogP contribution in [0.2, 0.25) is 0 Å². The Kier molecular flexibility index (Phi) is 6.03. The summed E-state index contributed by atoms with van der Waals surface area (Å²) < 4.78 is 0. The fraction of sp³-hybridized carbons (Fsp3) is 0.846. The van der Waals surface area contributed by atoms with Crippen LogP contribution in [-0.2, 0) is 0 Å². The molecule has 2 unspecified atom stereocenters. The van der Waals surface area contributed by atoms with Crippen LogP contribution in [0.25, 0.3) is 0 Å². The first-order valence-corrected chi connectivity index (χ1v) is 6.31. The van der Waals surface area contributed by atoms with Crippen molar-refractivity contribution < 1.29 is 5.11 Å². The van der Waals surface area contributed by atoms with E-state index >= 15 is 0 Å². The van der Waals surface area contributed by atoms with E-state index in [1.807, 2.05) is 6.08 Å². The normalized spacial score (nSPS) is 24.6. The summed E-state index contributed by atoms with van der Waals surface area (Å²) in [6.07, 6.45) is 5.96. The SMILES string of the molecule is C=CCCC(O)CN1CCCC(N(C)C)C1. The van der Waals surface area contributed by atoms with Crippen LogP contribution in [-0.4, -0.2) is 60.8 Å². The van der Waals surface area contributed by atoms with Gasteiger partial charge in [-0.3, -0.25) is 4.90 Å². The third kappa shape index (κ3) is 4.64. The molecule has 1 aliphatic heterocycles. The number of hydrogen-bond donors (Lipinski definition) is 1. The van der Waals surface area contributed by atoms with Crippen LogP contribution in [0.3, 0.4) is 0 Å². The molecule has 0 saturated carbocycles. The molecular weight excluding hydrogens is 200 g/mol. The Morgan fingerprint density at radius 1 is 1.56 bits per heavy atom. The average molecular weight is 226 g/mol. The number of hydrogen-bond acceptors (Lipinski definition) is 3. The second kappa shape index (κ2) is 7.05. The summed E-state index contributed by atoms with van der Waals surface area (Å²) >= 11 is 0. The number of allylic oxidation sites excluding steroid dienone is 1. The first kappa shape index (κ1) is 13.7. The van der Waals surface area contributed by atoms with Crippen LogP contribution in [0.5, 0.6) is 0 Å². The monoisotopic (exact) mass is 226 g/mol. The summed E-state index contributed by atoms with van der Waals surface area (Å²) in [5, 5.41) is 9.85. The van der Waals surface area contributed by atoms with Gasteiger partial charge in [0.15, 0.2) is 0 Å². The van der Waals surface area contributed by atoms with E-state index in [-0.39, 0.29) is 6.10 Å². The van der Waals surface area contributed by atoms with Gasteiger partial charge in [-0.25, -0.2) is 0 Å². The number of likely N-dealkylation sites (N-methyl/N-ethyl adjacent to an activating group) is 1. The fourth-order valence-corrected chi connectivity index (χ4v) is 2.32. The van der Waals surface area contributed by atoms with E-state index in [1.54, 1.807) is 0 Å². The highest BCUT2D eigenvalue weighted by Crippen LogP contribution is 2.14. The van der Waals surface area contributed by atoms with Crippen LogP contribution in [0, 0.1) is 0 Å². The zero-order valence-electron chi connectivity index (χ0n) is 10.7. The predicted octanol–water partition coefficient (Wildman–Crippen LogP) is 1.34. The highest BCUT2D eigenvalue weighted by Gasteiger charge is 2.22. The number of rotatable bonds is 6. The second-order valence-electron chi connectivity index (χ2n) is 5.04. The van der Waals surface area contributed by atoms with Crippen LogP contribution >= 0.6 is 0 Å². The van der Waals surface area contributed by atoms with Gasteiger partial charge >= 0.3 is 0 Å². The van der Waals surface area contributed by atoms with Crippen molar-refractivity contribution in [3.63, 3.8) is 0 Å². The maximum atomic E-state index is 9.85. The maximum Gasteiger partial charge on any atom is 0.0670 e. The molecule has 0 aromatic heterocycles. The van der Waals surface area contributed by atoms with E-state index in [9.17, 15) is 5.11 Å². The summed E-state index contributed by atoms with van der Waals surface area (Å²) in [5.74, 6) is 0. The molecule has 16 heavy (non-hydrogen) atoms. The van der Waals surface area contributed by atoms with Gasteiger partial charge in [0, 0.05) is 19.1 Å². The molecule has 1 fully saturated rings. The smallest absolute Gasteiger partial charge is 0.0670 e. The van der Waals surface area contributed by atoms with E-state index in [0.29, 0.717) is 6.04 Å². The van der Waals surface area contributed by atoms with E-state index in [0.717, 1.165) is 32.5 Å². The van der Waals surface area contributed by atoms with Crippen LogP contribution in [0.15, 0.2) is 12.7 Å². The summed E-state index contributed by atoms with van der Waals surface area (Å²) in [6.45, 7) is 6.73. The molecule has 2 atom stereocenters. The van der Waals surface area contributed by atoms with E-state index < -0.39 is 0 Å². The molecule has 0 amide bonds. The Hall–Kier alpha value is -0.380.